The van der Waals surface area contributed by atoms with Gasteiger partial charge in [0.15, 0.2) is 0 Å². The number of alkyl halides is 3. The molecule has 1 aliphatic carbocycles. The second-order valence-electron chi connectivity index (χ2n) is 5.24. The zero-order valence-corrected chi connectivity index (χ0v) is 10.6. The third-order valence-electron chi connectivity index (χ3n) is 4.08. The van der Waals surface area contributed by atoms with Crippen LogP contribution in [-0.2, 0) is 12.6 Å². The molecule has 0 radical (unpaired) electrons. The van der Waals surface area contributed by atoms with Crippen LogP contribution in [0.15, 0.2) is 24.3 Å². The second kappa shape index (κ2) is 4.57. The lowest BCUT2D eigenvalue weighted by Gasteiger charge is -2.23. The molecule has 2 rings (SSSR count). The van der Waals surface area contributed by atoms with Crippen LogP contribution in [0.4, 0.5) is 13.2 Å². The van der Waals surface area contributed by atoms with E-state index in [1.807, 2.05) is 7.05 Å². The molecule has 1 N–H and O–H groups in total. The van der Waals surface area contributed by atoms with Gasteiger partial charge in [-0.05, 0) is 56.3 Å². The molecule has 0 saturated heterocycles. The SMILES string of the molecule is CNC(C)C1(Cc2ccc(C(F)(F)F)cc2)CC1. The van der Waals surface area contributed by atoms with Crippen LogP contribution in [0.5, 0.6) is 0 Å². The number of halogens is 3. The fourth-order valence-electron chi connectivity index (χ4n) is 2.45. The van der Waals surface area contributed by atoms with Crippen LogP contribution in [0.2, 0.25) is 0 Å². The maximum atomic E-state index is 12.4. The fourth-order valence-corrected chi connectivity index (χ4v) is 2.45. The molecular weight excluding hydrogens is 239 g/mol. The molecule has 1 nitrogen and oxygen atoms in total. The van der Waals surface area contributed by atoms with E-state index in [-0.39, 0.29) is 5.41 Å². The summed E-state index contributed by atoms with van der Waals surface area (Å²) in [7, 11) is 1.93. The third kappa shape index (κ3) is 2.69. The molecule has 1 fully saturated rings. The summed E-state index contributed by atoms with van der Waals surface area (Å²) in [5, 5.41) is 3.24. The normalized spacial score (nSPS) is 19.6. The summed E-state index contributed by atoms with van der Waals surface area (Å²) in [4.78, 5) is 0. The molecule has 4 heteroatoms. The molecule has 1 aromatic rings. The van der Waals surface area contributed by atoms with E-state index < -0.39 is 11.7 Å². The van der Waals surface area contributed by atoms with Crippen LogP contribution in [-0.4, -0.2) is 13.1 Å². The van der Waals surface area contributed by atoms with E-state index in [2.05, 4.69) is 12.2 Å². The van der Waals surface area contributed by atoms with Crippen molar-refractivity contribution in [2.45, 2.75) is 38.4 Å². The largest absolute Gasteiger partial charge is 0.416 e. The van der Waals surface area contributed by atoms with Crippen molar-refractivity contribution >= 4 is 0 Å². The van der Waals surface area contributed by atoms with Gasteiger partial charge in [-0.25, -0.2) is 0 Å². The Hall–Kier alpha value is -1.03. The summed E-state index contributed by atoms with van der Waals surface area (Å²) < 4.78 is 37.3. The maximum absolute atomic E-state index is 12.4. The predicted molar refractivity (Wildman–Crippen MR) is 65.3 cm³/mol. The Labute approximate surface area is 105 Å². The Balaban J connectivity index is 2.08. The average Bonchev–Trinajstić information content (AvgIpc) is 3.08. The standard InChI is InChI=1S/C14H18F3N/c1-10(18-2)13(7-8-13)9-11-3-5-12(6-4-11)14(15,16)17/h3-6,10,18H,7-9H2,1-2H3. The summed E-state index contributed by atoms with van der Waals surface area (Å²) in [6.45, 7) is 2.14. The van der Waals surface area contributed by atoms with Gasteiger partial charge in [-0.2, -0.15) is 13.2 Å². The van der Waals surface area contributed by atoms with Crippen molar-refractivity contribution in [3.8, 4) is 0 Å². The van der Waals surface area contributed by atoms with E-state index in [0.717, 1.165) is 24.8 Å². The van der Waals surface area contributed by atoms with Crippen molar-refractivity contribution in [1.82, 2.24) is 5.32 Å². The summed E-state index contributed by atoms with van der Waals surface area (Å²) in [6.07, 6.45) is -1.09. The minimum absolute atomic E-state index is 0.245. The monoisotopic (exact) mass is 257 g/mol. The number of hydrogen-bond acceptors (Lipinski definition) is 1. The van der Waals surface area contributed by atoms with Gasteiger partial charge in [0.25, 0.3) is 0 Å². The van der Waals surface area contributed by atoms with Gasteiger partial charge < -0.3 is 5.32 Å². The van der Waals surface area contributed by atoms with Crippen molar-refractivity contribution in [3.05, 3.63) is 35.4 Å². The fraction of sp³-hybridized carbons (Fsp3) is 0.571. The summed E-state index contributed by atoms with van der Waals surface area (Å²) in [5.74, 6) is 0. The molecule has 0 heterocycles. The molecule has 18 heavy (non-hydrogen) atoms. The zero-order chi connectivity index (χ0) is 13.4. The predicted octanol–water partition coefficient (Wildman–Crippen LogP) is 3.64. The number of benzene rings is 1. The molecule has 1 aromatic carbocycles. The Morgan fingerprint density at radius 3 is 2.17 bits per heavy atom. The first kappa shape index (κ1) is 13.4. The van der Waals surface area contributed by atoms with Gasteiger partial charge in [0.05, 0.1) is 5.56 Å². The van der Waals surface area contributed by atoms with Crippen molar-refractivity contribution in [3.63, 3.8) is 0 Å². The molecule has 0 bridgehead atoms. The van der Waals surface area contributed by atoms with Crippen LogP contribution >= 0.6 is 0 Å². The molecule has 0 aromatic heterocycles. The van der Waals surface area contributed by atoms with Gasteiger partial charge in [0, 0.05) is 6.04 Å². The highest BCUT2D eigenvalue weighted by Crippen LogP contribution is 2.51. The van der Waals surface area contributed by atoms with E-state index in [4.69, 9.17) is 0 Å². The van der Waals surface area contributed by atoms with Crippen molar-refractivity contribution in [1.29, 1.82) is 0 Å². The van der Waals surface area contributed by atoms with Crippen molar-refractivity contribution < 1.29 is 13.2 Å². The summed E-state index contributed by atoms with van der Waals surface area (Å²) >= 11 is 0. The minimum Gasteiger partial charge on any atom is -0.317 e. The van der Waals surface area contributed by atoms with Gasteiger partial charge in [0.1, 0.15) is 0 Å². The number of hydrogen-bond donors (Lipinski definition) is 1. The second-order valence-corrected chi connectivity index (χ2v) is 5.24. The molecule has 1 aliphatic rings. The van der Waals surface area contributed by atoms with Crippen LogP contribution in [0, 0.1) is 5.41 Å². The lowest BCUT2D eigenvalue weighted by atomic mass is 9.89. The first-order valence-corrected chi connectivity index (χ1v) is 6.21. The smallest absolute Gasteiger partial charge is 0.317 e. The van der Waals surface area contributed by atoms with E-state index >= 15 is 0 Å². The average molecular weight is 257 g/mol. The maximum Gasteiger partial charge on any atom is 0.416 e. The Bertz CT molecular complexity index is 404. The van der Waals surface area contributed by atoms with Gasteiger partial charge >= 0.3 is 6.18 Å². The molecule has 0 amide bonds. The van der Waals surface area contributed by atoms with E-state index in [9.17, 15) is 13.2 Å². The molecule has 1 saturated carbocycles. The van der Waals surface area contributed by atoms with Gasteiger partial charge in [-0.3, -0.25) is 0 Å². The molecule has 0 spiro atoms. The molecule has 1 unspecified atom stereocenters. The molecule has 1 atom stereocenters. The van der Waals surface area contributed by atoms with Crippen molar-refractivity contribution in [2.24, 2.45) is 5.41 Å². The highest BCUT2D eigenvalue weighted by Gasteiger charge is 2.46. The molecule has 100 valence electrons. The highest BCUT2D eigenvalue weighted by atomic mass is 19.4. The van der Waals surface area contributed by atoms with E-state index in [1.54, 1.807) is 12.1 Å². The number of rotatable bonds is 4. The lowest BCUT2D eigenvalue weighted by molar-refractivity contribution is -0.137. The Morgan fingerprint density at radius 1 is 1.22 bits per heavy atom. The molecule has 0 aliphatic heterocycles. The first-order chi connectivity index (χ1) is 8.37. The van der Waals surface area contributed by atoms with Crippen molar-refractivity contribution in [2.75, 3.05) is 7.05 Å². The van der Waals surface area contributed by atoms with Gasteiger partial charge in [0.2, 0.25) is 0 Å². The zero-order valence-electron chi connectivity index (χ0n) is 10.6. The topological polar surface area (TPSA) is 12.0 Å². The first-order valence-electron chi connectivity index (χ1n) is 6.21. The quantitative estimate of drug-likeness (QED) is 0.868. The molecular formula is C14H18F3N. The van der Waals surface area contributed by atoms with E-state index in [1.165, 1.54) is 12.1 Å². The van der Waals surface area contributed by atoms with Gasteiger partial charge in [-0.15, -0.1) is 0 Å². The summed E-state index contributed by atoms with van der Waals surface area (Å²) in [6, 6.07) is 5.96. The highest BCUT2D eigenvalue weighted by molar-refractivity contribution is 5.26. The minimum atomic E-state index is -4.24. The van der Waals surface area contributed by atoms with Crippen LogP contribution in [0.1, 0.15) is 30.9 Å². The Morgan fingerprint density at radius 2 is 1.78 bits per heavy atom. The summed E-state index contributed by atoms with van der Waals surface area (Å²) in [5.41, 5.74) is 0.662. The van der Waals surface area contributed by atoms with E-state index in [0.29, 0.717) is 6.04 Å². The lowest BCUT2D eigenvalue weighted by Crippen LogP contribution is -2.33. The van der Waals surface area contributed by atoms with Crippen LogP contribution in [0.3, 0.4) is 0 Å². The third-order valence-corrected chi connectivity index (χ3v) is 4.08. The van der Waals surface area contributed by atoms with Gasteiger partial charge in [-0.1, -0.05) is 12.1 Å². The Kier molecular flexibility index (Phi) is 3.41. The number of nitrogens with one attached hydrogen (secondary N) is 1. The van der Waals surface area contributed by atoms with Crippen LogP contribution < -0.4 is 5.32 Å². The van der Waals surface area contributed by atoms with Crippen LogP contribution in [0.25, 0.3) is 0 Å².